The topological polar surface area (TPSA) is 64.1 Å². The highest BCUT2D eigenvalue weighted by Gasteiger charge is 2.26. The van der Waals surface area contributed by atoms with Crippen molar-refractivity contribution < 1.29 is 8.95 Å². The number of benzene rings is 1. The number of nitrogens with one attached hydrogen (secondary N) is 1. The highest BCUT2D eigenvalue weighted by Crippen LogP contribution is 2.38. The van der Waals surface area contributed by atoms with E-state index >= 15 is 0 Å². The summed E-state index contributed by atoms with van der Waals surface area (Å²) in [6, 6.07) is 10.0. The van der Waals surface area contributed by atoms with Crippen molar-refractivity contribution in [2.75, 3.05) is 18.5 Å². The van der Waals surface area contributed by atoms with Gasteiger partial charge in [0.05, 0.1) is 0 Å². The quantitative estimate of drug-likeness (QED) is 0.857. The maximum atomic E-state index is 12.6. The van der Waals surface area contributed by atoms with Gasteiger partial charge in [-0.3, -0.25) is 4.21 Å². The Kier molecular flexibility index (Phi) is 5.08. The van der Waals surface area contributed by atoms with Gasteiger partial charge in [0, 0.05) is 52.8 Å². The van der Waals surface area contributed by atoms with E-state index < -0.39 is 10.8 Å². The van der Waals surface area contributed by atoms with Crippen molar-refractivity contribution in [3.8, 4) is 0 Å². The molecule has 1 atom stereocenters. The molecular weight excluding hydrogens is 334 g/mol. The highest BCUT2D eigenvalue weighted by molar-refractivity contribution is 7.84. The molecule has 2 fully saturated rings. The van der Waals surface area contributed by atoms with Crippen LogP contribution in [0.2, 0.25) is 0 Å². The highest BCUT2D eigenvalue weighted by atomic mass is 32.2. The van der Waals surface area contributed by atoms with Crippen LogP contribution in [0.25, 0.3) is 0 Å². The van der Waals surface area contributed by atoms with Crippen molar-refractivity contribution in [1.29, 1.82) is 0 Å². The third-order valence-electron chi connectivity index (χ3n) is 4.67. The van der Waals surface area contributed by atoms with Gasteiger partial charge in [-0.05, 0) is 49.4 Å². The first kappa shape index (κ1) is 16.7. The summed E-state index contributed by atoms with van der Waals surface area (Å²) in [6.45, 7) is 1.46. The zero-order valence-electron chi connectivity index (χ0n) is 14.2. The second-order valence-corrected chi connectivity index (χ2v) is 8.45. The van der Waals surface area contributed by atoms with Gasteiger partial charge in [0.25, 0.3) is 0 Å². The summed E-state index contributed by atoms with van der Waals surface area (Å²) >= 11 is 0. The molecule has 1 saturated heterocycles. The summed E-state index contributed by atoms with van der Waals surface area (Å²) in [4.78, 5) is 8.95. The molecule has 0 radical (unpaired) electrons. The van der Waals surface area contributed by atoms with Gasteiger partial charge in [-0.15, -0.1) is 0 Å². The van der Waals surface area contributed by atoms with Gasteiger partial charge in [0.2, 0.25) is 0 Å². The maximum Gasteiger partial charge on any atom is 0.134 e. The molecule has 1 aromatic heterocycles. The van der Waals surface area contributed by atoms with Crippen LogP contribution in [0.4, 0.5) is 11.5 Å². The lowest BCUT2D eigenvalue weighted by Crippen LogP contribution is -2.25. The molecule has 6 heteroatoms. The zero-order valence-corrected chi connectivity index (χ0v) is 15.0. The smallest absolute Gasteiger partial charge is 0.134 e. The number of ether oxygens (including phenoxy) is 1. The molecule has 0 amide bonds. The molecule has 2 aromatic rings. The van der Waals surface area contributed by atoms with Crippen molar-refractivity contribution >= 4 is 22.3 Å². The second-order valence-electron chi connectivity index (χ2n) is 6.74. The van der Waals surface area contributed by atoms with Gasteiger partial charge in [-0.1, -0.05) is 12.1 Å². The van der Waals surface area contributed by atoms with E-state index in [0.29, 0.717) is 11.7 Å². The minimum absolute atomic E-state index is 0.258. The number of hydrogen-bond donors (Lipinski definition) is 1. The number of hydrogen-bond acceptors (Lipinski definition) is 5. The van der Waals surface area contributed by atoms with Crippen molar-refractivity contribution in [2.24, 2.45) is 0 Å². The molecule has 1 aliphatic heterocycles. The van der Waals surface area contributed by atoms with E-state index in [-0.39, 0.29) is 5.25 Å². The Labute approximate surface area is 150 Å². The molecule has 1 aliphatic carbocycles. The molecule has 1 unspecified atom stereocenters. The molecule has 5 nitrogen and oxygen atoms in total. The van der Waals surface area contributed by atoms with Crippen molar-refractivity contribution in [3.05, 3.63) is 47.9 Å². The predicted octanol–water partition coefficient (Wildman–Crippen LogP) is 3.53. The normalized spacial score (nSPS) is 19.5. The Morgan fingerprint density at radius 3 is 2.80 bits per heavy atom. The molecular formula is C19H23N3O2S. The van der Waals surface area contributed by atoms with Crippen LogP contribution in [0.5, 0.6) is 0 Å². The molecule has 2 heterocycles. The fourth-order valence-electron chi connectivity index (χ4n) is 3.09. The largest absolute Gasteiger partial charge is 0.381 e. The molecule has 4 rings (SSSR count). The van der Waals surface area contributed by atoms with Gasteiger partial charge < -0.3 is 10.1 Å². The van der Waals surface area contributed by atoms with Gasteiger partial charge in [-0.25, -0.2) is 9.97 Å². The molecule has 25 heavy (non-hydrogen) atoms. The van der Waals surface area contributed by atoms with Crippen LogP contribution in [-0.4, -0.2) is 32.6 Å². The Morgan fingerprint density at radius 2 is 2.00 bits per heavy atom. The van der Waals surface area contributed by atoms with E-state index in [1.165, 1.54) is 12.8 Å². The van der Waals surface area contributed by atoms with E-state index in [0.717, 1.165) is 48.9 Å². The van der Waals surface area contributed by atoms with E-state index in [9.17, 15) is 4.21 Å². The number of rotatable bonds is 6. The lowest BCUT2D eigenvalue weighted by atomic mass is 10.2. The average molecular weight is 357 g/mol. The van der Waals surface area contributed by atoms with E-state index in [1.807, 2.05) is 30.5 Å². The molecule has 0 bridgehead atoms. The SMILES string of the molecule is O=S(Cc1cccc(Nc2ccnc(C3CC3)n2)c1)C1CCOCC1. The van der Waals surface area contributed by atoms with E-state index in [1.54, 1.807) is 0 Å². The number of nitrogens with zero attached hydrogens (tertiary/aromatic N) is 2. The average Bonchev–Trinajstić information content (AvgIpc) is 3.48. The Morgan fingerprint density at radius 1 is 1.16 bits per heavy atom. The van der Waals surface area contributed by atoms with Crippen molar-refractivity contribution in [1.82, 2.24) is 9.97 Å². The number of aromatic nitrogens is 2. The van der Waals surface area contributed by atoms with Gasteiger partial charge in [0.1, 0.15) is 11.6 Å². The van der Waals surface area contributed by atoms with E-state index in [4.69, 9.17) is 4.74 Å². The summed E-state index contributed by atoms with van der Waals surface area (Å²) in [7, 11) is -0.847. The van der Waals surface area contributed by atoms with Crippen LogP contribution in [0.3, 0.4) is 0 Å². The van der Waals surface area contributed by atoms with Crippen LogP contribution in [0.1, 0.15) is 43.0 Å². The van der Waals surface area contributed by atoms with Gasteiger partial charge in [0.15, 0.2) is 0 Å². The monoisotopic (exact) mass is 357 g/mol. The first-order valence-corrected chi connectivity index (χ1v) is 10.3. The molecule has 0 spiro atoms. The fourth-order valence-corrected chi connectivity index (χ4v) is 4.55. The Balaban J connectivity index is 1.42. The summed E-state index contributed by atoms with van der Waals surface area (Å²) in [6.07, 6.45) is 5.99. The molecule has 2 aliphatic rings. The maximum absolute atomic E-state index is 12.6. The Hall–Kier alpha value is -1.79. The molecule has 132 valence electrons. The third-order valence-corrected chi connectivity index (χ3v) is 6.50. The lowest BCUT2D eigenvalue weighted by molar-refractivity contribution is 0.0992. The predicted molar refractivity (Wildman–Crippen MR) is 99.4 cm³/mol. The lowest BCUT2D eigenvalue weighted by Gasteiger charge is -2.21. The van der Waals surface area contributed by atoms with Crippen molar-refractivity contribution in [3.63, 3.8) is 0 Å². The van der Waals surface area contributed by atoms with Crippen LogP contribution < -0.4 is 5.32 Å². The fraction of sp³-hybridized carbons (Fsp3) is 0.474. The zero-order chi connectivity index (χ0) is 17.1. The summed E-state index contributed by atoms with van der Waals surface area (Å²) in [5, 5.41) is 3.61. The summed E-state index contributed by atoms with van der Waals surface area (Å²) < 4.78 is 17.9. The van der Waals surface area contributed by atoms with Crippen LogP contribution >= 0.6 is 0 Å². The molecule has 1 saturated carbocycles. The standard InChI is InChI=1S/C19H23N3O2S/c23-25(17-7-10-24-11-8-17)13-14-2-1-3-16(12-14)21-18-6-9-20-19(22-18)15-4-5-15/h1-3,6,9,12,15,17H,4-5,7-8,10-11,13H2,(H,20,21,22). The van der Waals surface area contributed by atoms with Crippen molar-refractivity contribution in [2.45, 2.75) is 42.6 Å². The number of anilines is 2. The van der Waals surface area contributed by atoms with Crippen LogP contribution in [0, 0.1) is 0 Å². The van der Waals surface area contributed by atoms with Crippen LogP contribution in [-0.2, 0) is 21.3 Å². The molecule has 1 aromatic carbocycles. The minimum atomic E-state index is -0.847. The Bertz CT molecular complexity index is 758. The van der Waals surface area contributed by atoms with Crippen LogP contribution in [0.15, 0.2) is 36.5 Å². The van der Waals surface area contributed by atoms with Gasteiger partial charge >= 0.3 is 0 Å². The molecule has 1 N–H and O–H groups in total. The minimum Gasteiger partial charge on any atom is -0.381 e. The first-order chi connectivity index (χ1) is 12.3. The summed E-state index contributed by atoms with van der Waals surface area (Å²) in [5.41, 5.74) is 2.06. The van der Waals surface area contributed by atoms with E-state index in [2.05, 4.69) is 21.4 Å². The van der Waals surface area contributed by atoms with Gasteiger partial charge in [-0.2, -0.15) is 0 Å². The second kappa shape index (κ2) is 7.62. The summed E-state index contributed by atoms with van der Waals surface area (Å²) in [5.74, 6) is 2.88. The third kappa shape index (κ3) is 4.44. The first-order valence-electron chi connectivity index (χ1n) is 8.92.